The van der Waals surface area contributed by atoms with Gasteiger partial charge in [0, 0.05) is 6.20 Å². The van der Waals surface area contributed by atoms with Crippen molar-refractivity contribution in [2.24, 2.45) is 0 Å². The van der Waals surface area contributed by atoms with Crippen LogP contribution in [0, 0.1) is 11.3 Å². The fraction of sp³-hybridized carbons (Fsp3) is 0.476. The van der Waals surface area contributed by atoms with E-state index in [4.69, 9.17) is 50.2 Å². The molecule has 6 rings (SSSR count). The summed E-state index contributed by atoms with van der Waals surface area (Å²) in [6, 6.07) is 1.85. The van der Waals surface area contributed by atoms with E-state index in [1.807, 2.05) is 6.07 Å². The van der Waals surface area contributed by atoms with Crippen LogP contribution in [0.5, 0.6) is 0 Å². The van der Waals surface area contributed by atoms with Crippen molar-refractivity contribution in [1.29, 1.82) is 5.26 Å². The van der Waals surface area contributed by atoms with E-state index in [1.54, 1.807) is 11.7 Å². The number of nitrogens with one attached hydrogen (secondary N) is 1. The summed E-state index contributed by atoms with van der Waals surface area (Å²) in [6.45, 7) is -5.97. The maximum Gasteiger partial charge on any atom is 0.474 e. The molecule has 0 aromatic carbocycles. The first-order valence-corrected chi connectivity index (χ1v) is 17.9. The SMILES string of the molecule is N#CCCOP1(=O)OCCn2nc(-c3cncs3)nc2COP(O)(=S)O[C@@H]2[C@H](F)[C@@H](CO1)O[C@H]2n1cnc2c(=O)[nH]c(N)nc21. The number of fused-ring (bicyclic) bond motifs is 4. The van der Waals surface area contributed by atoms with Gasteiger partial charge >= 0.3 is 14.5 Å². The minimum Gasteiger partial charge on any atom is -0.369 e. The Morgan fingerprint density at radius 1 is 1.36 bits per heavy atom. The largest absolute Gasteiger partial charge is 0.474 e. The molecular weight excluding hydrogens is 681 g/mol. The van der Waals surface area contributed by atoms with Gasteiger partial charge in [0.05, 0.1) is 55.6 Å². The molecular formula is C21H23FN10O9P2S2. The number of nitrogens with two attached hydrogens (primary N) is 1. The van der Waals surface area contributed by atoms with Gasteiger partial charge in [-0.2, -0.15) is 10.2 Å². The molecule has 0 saturated carbocycles. The Morgan fingerprint density at radius 3 is 2.98 bits per heavy atom. The first kappa shape index (κ1) is 31.9. The molecule has 2 aliphatic rings. The minimum absolute atomic E-state index is 0.0338. The number of alkyl halides is 1. The summed E-state index contributed by atoms with van der Waals surface area (Å²) in [5.41, 5.74) is 6.42. The third kappa shape index (κ3) is 6.89. The van der Waals surface area contributed by atoms with Gasteiger partial charge in [0.1, 0.15) is 18.8 Å². The number of aromatic nitrogens is 8. The van der Waals surface area contributed by atoms with Crippen molar-refractivity contribution in [1.82, 2.24) is 39.3 Å². The quantitative estimate of drug-likeness (QED) is 0.197. The number of imidazole rings is 1. The van der Waals surface area contributed by atoms with Crippen molar-refractivity contribution < 1.29 is 41.2 Å². The van der Waals surface area contributed by atoms with E-state index in [0.717, 1.165) is 6.33 Å². The highest BCUT2D eigenvalue weighted by Crippen LogP contribution is 2.53. The minimum atomic E-state index is -4.40. The van der Waals surface area contributed by atoms with Gasteiger partial charge in [0.2, 0.25) is 5.95 Å². The highest BCUT2D eigenvalue weighted by Gasteiger charge is 2.51. The summed E-state index contributed by atoms with van der Waals surface area (Å²) < 4.78 is 65.5. The first-order valence-electron chi connectivity index (χ1n) is 13.0. The van der Waals surface area contributed by atoms with E-state index in [-0.39, 0.29) is 54.9 Å². The van der Waals surface area contributed by atoms with Gasteiger partial charge in [-0.25, -0.2) is 23.6 Å². The topological polar surface area (TPSA) is 250 Å². The van der Waals surface area contributed by atoms with Crippen LogP contribution in [0.1, 0.15) is 18.5 Å². The number of H-pyrrole nitrogens is 1. The number of nitrogens with zero attached hydrogens (tertiary/aromatic N) is 8. The number of aromatic amines is 1. The highest BCUT2D eigenvalue weighted by molar-refractivity contribution is 8.07. The van der Waals surface area contributed by atoms with Gasteiger partial charge in [-0.1, -0.05) is 0 Å². The van der Waals surface area contributed by atoms with Crippen LogP contribution < -0.4 is 11.3 Å². The van der Waals surface area contributed by atoms with Crippen molar-refractivity contribution in [3.63, 3.8) is 0 Å². The zero-order valence-corrected chi connectivity index (χ0v) is 26.2. The number of nitrogen functional groups attached to an aromatic ring is 1. The zero-order valence-electron chi connectivity index (χ0n) is 22.7. The second-order valence-corrected chi connectivity index (χ2v) is 14.7. The maximum absolute atomic E-state index is 16.1. The predicted molar refractivity (Wildman–Crippen MR) is 154 cm³/mol. The monoisotopic (exact) mass is 704 g/mol. The molecule has 4 N–H and O–H groups in total. The number of anilines is 1. The second kappa shape index (κ2) is 13.0. The Hall–Kier alpha value is -3.06. The molecule has 2 bridgehead atoms. The molecule has 2 aliphatic heterocycles. The molecule has 1 fully saturated rings. The molecule has 19 nitrogen and oxygen atoms in total. The van der Waals surface area contributed by atoms with E-state index in [9.17, 15) is 14.3 Å². The number of hydrogen-bond acceptors (Lipinski definition) is 17. The van der Waals surface area contributed by atoms with E-state index in [0.29, 0.717) is 4.88 Å². The molecule has 45 heavy (non-hydrogen) atoms. The summed E-state index contributed by atoms with van der Waals surface area (Å²) in [4.78, 5) is 42.9. The number of nitriles is 1. The summed E-state index contributed by atoms with van der Waals surface area (Å²) >= 11 is 6.51. The predicted octanol–water partition coefficient (Wildman–Crippen LogP) is 1.56. The highest BCUT2D eigenvalue weighted by atomic mass is 32.5. The molecule has 240 valence electrons. The third-order valence-corrected chi connectivity index (χ3v) is 10.2. The van der Waals surface area contributed by atoms with E-state index in [1.165, 1.54) is 20.6 Å². The van der Waals surface area contributed by atoms with Crippen LogP contribution >= 0.6 is 25.9 Å². The van der Waals surface area contributed by atoms with Crippen LogP contribution in [0.15, 0.2) is 22.8 Å². The van der Waals surface area contributed by atoms with Crippen LogP contribution in [0.3, 0.4) is 0 Å². The average Bonchev–Trinajstić information content (AvgIpc) is 3.79. The van der Waals surface area contributed by atoms with Crippen molar-refractivity contribution in [2.45, 2.75) is 44.2 Å². The first-order chi connectivity index (χ1) is 21.6. The Bertz CT molecular complexity index is 1880. The number of halogens is 1. The molecule has 0 radical (unpaired) electrons. The average molecular weight is 705 g/mol. The maximum atomic E-state index is 16.1. The smallest absolute Gasteiger partial charge is 0.369 e. The number of ether oxygens (including phenoxy) is 1. The van der Waals surface area contributed by atoms with Crippen LogP contribution in [-0.2, 0) is 56.9 Å². The third-order valence-electron chi connectivity index (χ3n) is 6.41. The molecule has 0 amide bonds. The van der Waals surface area contributed by atoms with Gasteiger partial charge < -0.3 is 19.9 Å². The van der Waals surface area contributed by atoms with Gasteiger partial charge in [-0.15, -0.1) is 16.4 Å². The lowest BCUT2D eigenvalue weighted by atomic mass is 10.1. The van der Waals surface area contributed by atoms with Crippen molar-refractivity contribution in [3.05, 3.63) is 34.2 Å². The lowest BCUT2D eigenvalue weighted by Gasteiger charge is -2.25. The lowest BCUT2D eigenvalue weighted by Crippen LogP contribution is -2.32. The fourth-order valence-corrected chi connectivity index (χ4v) is 7.47. The summed E-state index contributed by atoms with van der Waals surface area (Å²) in [5.74, 6) is 0.193. The van der Waals surface area contributed by atoms with Gasteiger partial charge in [-0.3, -0.25) is 37.4 Å². The molecule has 4 aromatic heterocycles. The van der Waals surface area contributed by atoms with Crippen molar-refractivity contribution in [3.8, 4) is 16.8 Å². The number of hydrogen-bond donors (Lipinski definition) is 3. The van der Waals surface area contributed by atoms with Crippen LogP contribution in [-0.4, -0.2) is 82.4 Å². The van der Waals surface area contributed by atoms with Gasteiger partial charge in [0.25, 0.3) is 5.56 Å². The van der Waals surface area contributed by atoms with Crippen molar-refractivity contribution >= 4 is 54.8 Å². The number of phosphoric acid groups is 1. The van der Waals surface area contributed by atoms with Crippen LogP contribution in [0.4, 0.5) is 10.3 Å². The Kier molecular flexibility index (Phi) is 9.20. The molecule has 6 heterocycles. The molecule has 2 unspecified atom stereocenters. The fourth-order valence-electron chi connectivity index (χ4n) is 4.43. The molecule has 6 atom stereocenters. The molecule has 0 aliphatic carbocycles. The standard InChI is InChI=1S/C21H23FN10O9P2S2/c22-14-11-7-38-42(34,36-4-1-2-23)37-5-3-32-13(27-17(30-32)12-6-25-10-45-12)8-39-43(35,44)41-16(14)20(40-11)31-9-26-15-18(31)28-21(24)29-19(15)33/h6,9-11,14,16,20H,1,3-5,7-8H2,(H,35,44)(H3,24,28,29,33)/t11-,14-,16-,20-,42?,43?/m1/s1. The van der Waals surface area contributed by atoms with Gasteiger partial charge in [0.15, 0.2) is 35.2 Å². The normalized spacial score (nSPS) is 29.5. The molecule has 4 aromatic rings. The van der Waals surface area contributed by atoms with Crippen molar-refractivity contribution in [2.75, 3.05) is 25.6 Å². The summed E-state index contributed by atoms with van der Waals surface area (Å²) in [7, 11) is -4.40. The Morgan fingerprint density at radius 2 is 2.20 bits per heavy atom. The van der Waals surface area contributed by atoms with E-state index < -0.39 is 57.9 Å². The lowest BCUT2D eigenvalue weighted by molar-refractivity contribution is -0.0496. The molecule has 0 spiro atoms. The van der Waals surface area contributed by atoms with Crippen LogP contribution in [0.2, 0.25) is 0 Å². The number of thiazole rings is 1. The second-order valence-electron chi connectivity index (χ2n) is 9.35. The Labute approximate surface area is 260 Å². The van der Waals surface area contributed by atoms with E-state index >= 15 is 4.39 Å². The zero-order chi connectivity index (χ0) is 31.8. The van der Waals surface area contributed by atoms with Crippen LogP contribution in [0.25, 0.3) is 21.9 Å². The Balaban J connectivity index is 1.36. The number of phosphoric ester groups is 1. The molecule has 1 saturated heterocycles. The summed E-state index contributed by atoms with van der Waals surface area (Å²) in [5, 5.41) is 13.3. The summed E-state index contributed by atoms with van der Waals surface area (Å²) in [6.07, 6.45) is -4.13. The molecule has 24 heteroatoms. The van der Waals surface area contributed by atoms with Gasteiger partial charge in [-0.05, 0) is 11.8 Å². The number of rotatable bonds is 5. The van der Waals surface area contributed by atoms with E-state index in [2.05, 4.69) is 30.0 Å².